The van der Waals surface area contributed by atoms with Crippen molar-refractivity contribution in [3.63, 3.8) is 0 Å². The zero-order valence-corrected chi connectivity index (χ0v) is 10.4. The average Bonchev–Trinajstić information content (AvgIpc) is 2.74. The molecule has 4 heteroatoms. The SMILES string of the molecule is CC.CCNCCC(C)Cn1cnnc1. The topological polar surface area (TPSA) is 42.7 Å². The molecule has 0 aliphatic rings. The van der Waals surface area contributed by atoms with E-state index < -0.39 is 0 Å². The minimum absolute atomic E-state index is 0.676. The molecule has 1 heterocycles. The van der Waals surface area contributed by atoms with Crippen molar-refractivity contribution in [1.82, 2.24) is 20.1 Å². The van der Waals surface area contributed by atoms with Crippen LogP contribution < -0.4 is 5.32 Å². The predicted molar refractivity (Wildman–Crippen MR) is 63.7 cm³/mol. The summed E-state index contributed by atoms with van der Waals surface area (Å²) in [6.45, 7) is 11.5. The maximum Gasteiger partial charge on any atom is 0.119 e. The van der Waals surface area contributed by atoms with Gasteiger partial charge in [0.05, 0.1) is 0 Å². The molecule has 0 spiro atoms. The third-order valence-electron chi connectivity index (χ3n) is 2.05. The van der Waals surface area contributed by atoms with E-state index in [1.165, 1.54) is 6.42 Å². The van der Waals surface area contributed by atoms with E-state index in [1.54, 1.807) is 12.7 Å². The summed E-state index contributed by atoms with van der Waals surface area (Å²) in [7, 11) is 0. The molecule has 15 heavy (non-hydrogen) atoms. The molecule has 0 saturated heterocycles. The smallest absolute Gasteiger partial charge is 0.119 e. The van der Waals surface area contributed by atoms with Crippen LogP contribution in [0.2, 0.25) is 0 Å². The van der Waals surface area contributed by atoms with E-state index in [4.69, 9.17) is 0 Å². The van der Waals surface area contributed by atoms with Gasteiger partial charge in [0.15, 0.2) is 0 Å². The van der Waals surface area contributed by atoms with Crippen LogP contribution in [0.15, 0.2) is 12.7 Å². The van der Waals surface area contributed by atoms with Crippen LogP contribution in [-0.2, 0) is 6.54 Å². The summed E-state index contributed by atoms with van der Waals surface area (Å²) in [4.78, 5) is 0. The highest BCUT2D eigenvalue weighted by Gasteiger charge is 2.01. The molecule has 1 aromatic heterocycles. The molecule has 0 saturated carbocycles. The number of nitrogens with zero attached hydrogens (tertiary/aromatic N) is 3. The number of rotatable bonds is 6. The summed E-state index contributed by atoms with van der Waals surface area (Å²) in [5.41, 5.74) is 0. The van der Waals surface area contributed by atoms with Gasteiger partial charge in [0, 0.05) is 6.54 Å². The Kier molecular flexibility index (Phi) is 9.07. The van der Waals surface area contributed by atoms with E-state index in [-0.39, 0.29) is 0 Å². The second-order valence-electron chi connectivity index (χ2n) is 3.41. The van der Waals surface area contributed by atoms with Crippen LogP contribution in [-0.4, -0.2) is 27.9 Å². The largest absolute Gasteiger partial charge is 0.320 e. The molecule has 0 aromatic carbocycles. The summed E-state index contributed by atoms with van der Waals surface area (Å²) in [6.07, 6.45) is 4.74. The summed E-state index contributed by atoms with van der Waals surface area (Å²) in [5.74, 6) is 0.676. The molecule has 1 N–H and O–H groups in total. The lowest BCUT2D eigenvalue weighted by Gasteiger charge is -2.11. The van der Waals surface area contributed by atoms with Gasteiger partial charge in [-0.3, -0.25) is 0 Å². The number of hydrogen-bond acceptors (Lipinski definition) is 3. The van der Waals surface area contributed by atoms with Crippen molar-refractivity contribution < 1.29 is 0 Å². The van der Waals surface area contributed by atoms with Gasteiger partial charge in [0.1, 0.15) is 12.7 Å². The Balaban J connectivity index is 0.000000921. The van der Waals surface area contributed by atoms with Crippen molar-refractivity contribution in [2.75, 3.05) is 13.1 Å². The number of hydrogen-bond donors (Lipinski definition) is 1. The molecule has 88 valence electrons. The third-order valence-corrected chi connectivity index (χ3v) is 2.05. The van der Waals surface area contributed by atoms with Crippen LogP contribution in [0.25, 0.3) is 0 Å². The van der Waals surface area contributed by atoms with Gasteiger partial charge < -0.3 is 9.88 Å². The second kappa shape index (κ2) is 9.65. The monoisotopic (exact) mass is 212 g/mol. The van der Waals surface area contributed by atoms with Crippen LogP contribution >= 0.6 is 0 Å². The van der Waals surface area contributed by atoms with Gasteiger partial charge in [-0.25, -0.2) is 0 Å². The summed E-state index contributed by atoms with van der Waals surface area (Å²) < 4.78 is 2.02. The van der Waals surface area contributed by atoms with Crippen molar-refractivity contribution in [3.05, 3.63) is 12.7 Å². The van der Waals surface area contributed by atoms with E-state index in [0.717, 1.165) is 19.6 Å². The van der Waals surface area contributed by atoms with E-state index in [2.05, 4.69) is 29.4 Å². The maximum atomic E-state index is 3.77. The van der Waals surface area contributed by atoms with Crippen LogP contribution in [0, 0.1) is 5.92 Å². The van der Waals surface area contributed by atoms with Crippen LogP contribution in [0.1, 0.15) is 34.1 Å². The van der Waals surface area contributed by atoms with E-state index in [0.29, 0.717) is 5.92 Å². The Bertz CT molecular complexity index is 208. The standard InChI is InChI=1S/C9H18N4.C2H6/c1-3-10-5-4-9(2)6-13-7-11-12-8-13;1-2/h7-10H,3-6H2,1-2H3;1-2H3. The molecule has 0 aliphatic carbocycles. The number of aromatic nitrogens is 3. The predicted octanol–water partition coefficient (Wildman–Crippen LogP) is 1.94. The lowest BCUT2D eigenvalue weighted by atomic mass is 10.1. The molecule has 0 amide bonds. The zero-order valence-electron chi connectivity index (χ0n) is 10.4. The van der Waals surface area contributed by atoms with Gasteiger partial charge >= 0.3 is 0 Å². The van der Waals surface area contributed by atoms with Gasteiger partial charge in [0.2, 0.25) is 0 Å². The van der Waals surface area contributed by atoms with Gasteiger partial charge in [0.25, 0.3) is 0 Å². The Morgan fingerprint density at radius 3 is 2.40 bits per heavy atom. The number of nitrogens with one attached hydrogen (secondary N) is 1. The van der Waals surface area contributed by atoms with Crippen LogP contribution in [0.3, 0.4) is 0 Å². The molecule has 1 unspecified atom stereocenters. The average molecular weight is 212 g/mol. The van der Waals surface area contributed by atoms with Gasteiger partial charge in [-0.15, -0.1) is 10.2 Å². The van der Waals surface area contributed by atoms with Crippen molar-refractivity contribution in [2.24, 2.45) is 5.92 Å². The van der Waals surface area contributed by atoms with Crippen molar-refractivity contribution >= 4 is 0 Å². The molecule has 1 aromatic rings. The summed E-state index contributed by atoms with van der Waals surface area (Å²) in [6, 6.07) is 0. The van der Waals surface area contributed by atoms with Crippen LogP contribution in [0.5, 0.6) is 0 Å². The quantitative estimate of drug-likeness (QED) is 0.733. The summed E-state index contributed by atoms with van der Waals surface area (Å²) in [5, 5.41) is 10.9. The molecule has 4 nitrogen and oxygen atoms in total. The first-order chi connectivity index (χ1) is 7.33. The zero-order chi connectivity index (χ0) is 11.5. The Morgan fingerprint density at radius 1 is 1.27 bits per heavy atom. The minimum atomic E-state index is 0.676. The fourth-order valence-corrected chi connectivity index (χ4v) is 1.29. The highest BCUT2D eigenvalue weighted by atomic mass is 15.2. The second-order valence-corrected chi connectivity index (χ2v) is 3.41. The van der Waals surface area contributed by atoms with Crippen molar-refractivity contribution in [1.29, 1.82) is 0 Å². The highest BCUT2D eigenvalue weighted by Crippen LogP contribution is 2.03. The normalized spacial score (nSPS) is 11.7. The fourth-order valence-electron chi connectivity index (χ4n) is 1.29. The Labute approximate surface area is 93.1 Å². The Hall–Kier alpha value is -0.900. The van der Waals surface area contributed by atoms with Crippen molar-refractivity contribution in [2.45, 2.75) is 40.7 Å². The lowest BCUT2D eigenvalue weighted by molar-refractivity contribution is 0.437. The van der Waals surface area contributed by atoms with E-state index in [9.17, 15) is 0 Å². The molecule has 0 radical (unpaired) electrons. The molecule has 1 rings (SSSR count). The molecule has 1 atom stereocenters. The van der Waals surface area contributed by atoms with E-state index in [1.807, 2.05) is 18.4 Å². The van der Waals surface area contributed by atoms with Gasteiger partial charge in [-0.2, -0.15) is 0 Å². The lowest BCUT2D eigenvalue weighted by Crippen LogP contribution is -2.18. The molecule has 0 aliphatic heterocycles. The van der Waals surface area contributed by atoms with Gasteiger partial charge in [-0.1, -0.05) is 27.7 Å². The first kappa shape index (κ1) is 14.1. The highest BCUT2D eigenvalue weighted by molar-refractivity contribution is 4.64. The van der Waals surface area contributed by atoms with Gasteiger partial charge in [-0.05, 0) is 25.4 Å². The van der Waals surface area contributed by atoms with Crippen molar-refractivity contribution in [3.8, 4) is 0 Å². The fraction of sp³-hybridized carbons (Fsp3) is 0.818. The Morgan fingerprint density at radius 2 is 1.87 bits per heavy atom. The van der Waals surface area contributed by atoms with E-state index >= 15 is 0 Å². The summed E-state index contributed by atoms with van der Waals surface area (Å²) >= 11 is 0. The molecular weight excluding hydrogens is 188 g/mol. The molecule has 0 bridgehead atoms. The minimum Gasteiger partial charge on any atom is -0.320 e. The first-order valence-corrected chi connectivity index (χ1v) is 5.86. The maximum absolute atomic E-state index is 3.77. The first-order valence-electron chi connectivity index (χ1n) is 5.86. The molecule has 0 fully saturated rings. The third kappa shape index (κ3) is 7.08. The molecular formula is C11H24N4. The van der Waals surface area contributed by atoms with Crippen LogP contribution in [0.4, 0.5) is 0 Å².